The Hall–Kier alpha value is -1.67. The fraction of sp³-hybridized carbons (Fsp3) is 0.400. The molecular formula is C10H12N2O5S. The first kappa shape index (κ1) is 12.8. The van der Waals surface area contributed by atoms with E-state index >= 15 is 0 Å². The summed E-state index contributed by atoms with van der Waals surface area (Å²) in [6.45, 7) is 0.335. The number of sulfonamides is 1. The number of nitrogens with zero attached hydrogens (tertiary/aromatic N) is 2. The van der Waals surface area contributed by atoms with Crippen LogP contribution in [0.3, 0.4) is 0 Å². The van der Waals surface area contributed by atoms with E-state index in [0.29, 0.717) is 18.6 Å². The predicted molar refractivity (Wildman–Crippen MR) is 63.2 cm³/mol. The molecule has 8 heteroatoms. The molecule has 0 aromatic heterocycles. The molecule has 0 radical (unpaired) electrons. The van der Waals surface area contributed by atoms with Gasteiger partial charge in [0.2, 0.25) is 15.8 Å². The van der Waals surface area contributed by atoms with Crippen LogP contribution in [-0.2, 0) is 16.4 Å². The van der Waals surface area contributed by atoms with Crippen molar-refractivity contribution < 1.29 is 18.1 Å². The van der Waals surface area contributed by atoms with Gasteiger partial charge in [-0.15, -0.1) is 0 Å². The van der Waals surface area contributed by atoms with Crippen LogP contribution in [0.25, 0.3) is 0 Å². The van der Waals surface area contributed by atoms with Crippen LogP contribution in [0.4, 0.5) is 5.69 Å². The van der Waals surface area contributed by atoms with Crippen LogP contribution in [0.15, 0.2) is 17.0 Å². The van der Waals surface area contributed by atoms with Crippen LogP contribution >= 0.6 is 0 Å². The van der Waals surface area contributed by atoms with E-state index in [2.05, 4.69) is 0 Å². The molecule has 0 unspecified atom stereocenters. The molecule has 98 valence electrons. The van der Waals surface area contributed by atoms with E-state index in [0.717, 1.165) is 10.4 Å². The highest BCUT2D eigenvalue weighted by Crippen LogP contribution is 2.38. The zero-order chi connectivity index (χ0) is 13.5. The fourth-order valence-corrected chi connectivity index (χ4v) is 2.73. The Labute approximate surface area is 104 Å². The molecule has 0 bridgehead atoms. The molecule has 7 nitrogen and oxygen atoms in total. The maximum Gasteiger partial charge on any atom is 0.312 e. The number of benzene rings is 1. The second-order valence-corrected chi connectivity index (χ2v) is 6.23. The highest BCUT2D eigenvalue weighted by molar-refractivity contribution is 7.89. The van der Waals surface area contributed by atoms with Gasteiger partial charge in [0.15, 0.2) is 0 Å². The Morgan fingerprint density at radius 1 is 1.39 bits per heavy atom. The van der Waals surface area contributed by atoms with Crippen LogP contribution in [-0.4, -0.2) is 38.3 Å². The van der Waals surface area contributed by atoms with E-state index in [1.54, 1.807) is 0 Å². The van der Waals surface area contributed by atoms with Crippen LogP contribution in [0.1, 0.15) is 5.56 Å². The average Bonchev–Trinajstić information content (AvgIpc) is 2.74. The summed E-state index contributed by atoms with van der Waals surface area (Å²) in [6, 6.07) is 2.48. The van der Waals surface area contributed by atoms with Crippen molar-refractivity contribution in [3.8, 4) is 5.75 Å². The molecule has 0 atom stereocenters. The lowest BCUT2D eigenvalue weighted by Gasteiger charge is -2.12. The van der Waals surface area contributed by atoms with Crippen molar-refractivity contribution in [3.05, 3.63) is 27.8 Å². The molecule has 0 fully saturated rings. The lowest BCUT2D eigenvalue weighted by atomic mass is 10.1. The summed E-state index contributed by atoms with van der Waals surface area (Å²) in [6.07, 6.45) is 0.479. The van der Waals surface area contributed by atoms with Gasteiger partial charge in [-0.05, 0) is 6.07 Å². The molecule has 1 aliphatic heterocycles. The molecule has 0 aliphatic carbocycles. The van der Waals surface area contributed by atoms with Crippen molar-refractivity contribution in [1.29, 1.82) is 0 Å². The van der Waals surface area contributed by atoms with Gasteiger partial charge in [-0.25, -0.2) is 12.7 Å². The quantitative estimate of drug-likeness (QED) is 0.599. The monoisotopic (exact) mass is 272 g/mol. The van der Waals surface area contributed by atoms with Crippen LogP contribution in [0.5, 0.6) is 5.75 Å². The number of nitro groups is 1. The van der Waals surface area contributed by atoms with Crippen molar-refractivity contribution in [2.24, 2.45) is 0 Å². The average molecular weight is 272 g/mol. The molecular weight excluding hydrogens is 260 g/mol. The zero-order valence-electron chi connectivity index (χ0n) is 9.91. The SMILES string of the molecule is CN(C)S(=O)(=O)c1cc2c(c([N+](=O)[O-])c1)OCC2. The van der Waals surface area contributed by atoms with Crippen LogP contribution in [0, 0.1) is 10.1 Å². The maximum absolute atomic E-state index is 12.0. The number of rotatable bonds is 3. The van der Waals surface area contributed by atoms with Gasteiger partial charge in [0.05, 0.1) is 16.4 Å². The van der Waals surface area contributed by atoms with E-state index in [1.165, 1.54) is 20.2 Å². The number of hydrogen-bond donors (Lipinski definition) is 0. The maximum atomic E-state index is 12.0. The van der Waals surface area contributed by atoms with E-state index in [4.69, 9.17) is 4.74 Å². The minimum absolute atomic E-state index is 0.0801. The molecule has 1 aromatic carbocycles. The molecule has 18 heavy (non-hydrogen) atoms. The van der Waals surface area contributed by atoms with E-state index in [-0.39, 0.29) is 16.3 Å². The Morgan fingerprint density at radius 3 is 2.61 bits per heavy atom. The fourth-order valence-electron chi connectivity index (χ4n) is 1.75. The Morgan fingerprint density at radius 2 is 2.06 bits per heavy atom. The predicted octanol–water partition coefficient (Wildman–Crippen LogP) is 0.780. The summed E-state index contributed by atoms with van der Waals surface area (Å²) >= 11 is 0. The smallest absolute Gasteiger partial charge is 0.312 e. The van der Waals surface area contributed by atoms with Crippen molar-refractivity contribution in [2.45, 2.75) is 11.3 Å². The number of hydrogen-bond acceptors (Lipinski definition) is 5. The largest absolute Gasteiger partial charge is 0.486 e. The second-order valence-electron chi connectivity index (χ2n) is 4.07. The Bertz CT molecular complexity index is 609. The Kier molecular flexibility index (Phi) is 2.99. The summed E-state index contributed by atoms with van der Waals surface area (Å²) in [5, 5.41) is 10.9. The van der Waals surface area contributed by atoms with Crippen LogP contribution < -0.4 is 4.74 Å². The first-order chi connectivity index (χ1) is 8.34. The summed E-state index contributed by atoms with van der Waals surface area (Å²) in [5.74, 6) is 0.178. The first-order valence-electron chi connectivity index (χ1n) is 5.20. The first-order valence-corrected chi connectivity index (χ1v) is 6.64. The molecule has 1 aromatic rings. The van der Waals surface area contributed by atoms with Gasteiger partial charge in [0.1, 0.15) is 0 Å². The minimum atomic E-state index is -3.68. The topological polar surface area (TPSA) is 89.8 Å². The molecule has 0 N–H and O–H groups in total. The normalized spacial score (nSPS) is 14.4. The highest BCUT2D eigenvalue weighted by Gasteiger charge is 2.29. The molecule has 2 rings (SSSR count). The van der Waals surface area contributed by atoms with Gasteiger partial charge < -0.3 is 4.74 Å². The molecule has 0 saturated heterocycles. The second kappa shape index (κ2) is 4.21. The lowest BCUT2D eigenvalue weighted by molar-refractivity contribution is -0.385. The van der Waals surface area contributed by atoms with E-state index in [9.17, 15) is 18.5 Å². The molecule has 0 spiro atoms. The molecule has 1 aliphatic rings. The van der Waals surface area contributed by atoms with Crippen LogP contribution in [0.2, 0.25) is 0 Å². The van der Waals surface area contributed by atoms with Gasteiger partial charge in [-0.3, -0.25) is 10.1 Å². The number of fused-ring (bicyclic) bond motifs is 1. The van der Waals surface area contributed by atoms with Crippen molar-refractivity contribution in [1.82, 2.24) is 4.31 Å². The number of nitro benzene ring substituents is 1. The lowest BCUT2D eigenvalue weighted by Crippen LogP contribution is -2.22. The standard InChI is InChI=1S/C10H12N2O5S/c1-11(2)18(15,16)8-5-7-3-4-17-10(7)9(6-8)12(13)14/h5-6H,3-4H2,1-2H3. The third-order valence-corrected chi connectivity index (χ3v) is 4.51. The van der Waals surface area contributed by atoms with E-state index in [1.807, 2.05) is 0 Å². The molecule has 1 heterocycles. The minimum Gasteiger partial charge on any atom is -0.486 e. The van der Waals surface area contributed by atoms with Gasteiger partial charge in [0, 0.05) is 32.1 Å². The number of ether oxygens (including phenoxy) is 1. The van der Waals surface area contributed by atoms with Crippen molar-refractivity contribution in [3.63, 3.8) is 0 Å². The van der Waals surface area contributed by atoms with Gasteiger partial charge in [-0.2, -0.15) is 0 Å². The Balaban J connectivity index is 2.66. The summed E-state index contributed by atoms with van der Waals surface area (Å²) in [4.78, 5) is 10.2. The highest BCUT2D eigenvalue weighted by atomic mass is 32.2. The van der Waals surface area contributed by atoms with Crippen molar-refractivity contribution >= 4 is 15.7 Å². The van der Waals surface area contributed by atoms with Crippen molar-refractivity contribution in [2.75, 3.05) is 20.7 Å². The van der Waals surface area contributed by atoms with Gasteiger partial charge >= 0.3 is 5.69 Å². The molecule has 0 amide bonds. The summed E-state index contributed by atoms with van der Waals surface area (Å²) < 4.78 is 30.1. The van der Waals surface area contributed by atoms with Gasteiger partial charge in [-0.1, -0.05) is 0 Å². The summed E-state index contributed by atoms with van der Waals surface area (Å²) in [7, 11) is -0.921. The van der Waals surface area contributed by atoms with Gasteiger partial charge in [0.25, 0.3) is 0 Å². The molecule has 0 saturated carbocycles. The summed E-state index contributed by atoms with van der Waals surface area (Å²) in [5.41, 5.74) is 0.259. The third-order valence-electron chi connectivity index (χ3n) is 2.71. The van der Waals surface area contributed by atoms with E-state index < -0.39 is 14.9 Å². The third kappa shape index (κ3) is 1.93. The zero-order valence-corrected chi connectivity index (χ0v) is 10.7.